The highest BCUT2D eigenvalue weighted by Gasteiger charge is 2.11. The number of carbonyl (C=O) groups excluding carboxylic acids is 3. The molecule has 0 radical (unpaired) electrons. The van der Waals surface area contributed by atoms with Crippen molar-refractivity contribution in [3.8, 4) is 5.75 Å². The van der Waals surface area contributed by atoms with E-state index in [9.17, 15) is 14.4 Å². The smallest absolute Gasteiger partial charge is 0.329 e. The summed E-state index contributed by atoms with van der Waals surface area (Å²) in [6, 6.07) is 21.6. The van der Waals surface area contributed by atoms with Gasteiger partial charge in [0.1, 0.15) is 5.75 Å². The molecule has 0 aliphatic heterocycles. The van der Waals surface area contributed by atoms with Gasteiger partial charge in [0.25, 0.3) is 5.91 Å². The summed E-state index contributed by atoms with van der Waals surface area (Å²) in [5, 5.41) is 9.63. The fourth-order valence-electron chi connectivity index (χ4n) is 2.96. The van der Waals surface area contributed by atoms with Crippen LogP contribution >= 0.6 is 11.6 Å². The van der Waals surface area contributed by atoms with Crippen molar-refractivity contribution in [1.29, 1.82) is 0 Å². The number of carbonyl (C=O) groups is 3. The number of aryl methyl sites for hydroxylation is 1. The van der Waals surface area contributed by atoms with Crippen LogP contribution in [0.4, 0.5) is 5.69 Å². The maximum atomic E-state index is 12.1. The van der Waals surface area contributed by atoms with E-state index in [1.807, 2.05) is 43.3 Å². The Morgan fingerprint density at radius 3 is 2.54 bits per heavy atom. The quantitative estimate of drug-likeness (QED) is 0.241. The van der Waals surface area contributed by atoms with Gasteiger partial charge in [-0.05, 0) is 54.3 Å². The molecular formula is C26H25ClN4O4. The van der Waals surface area contributed by atoms with Crippen molar-refractivity contribution in [3.05, 3.63) is 94.5 Å². The van der Waals surface area contributed by atoms with E-state index >= 15 is 0 Å². The topological polar surface area (TPSA) is 109 Å². The molecule has 35 heavy (non-hydrogen) atoms. The Balaban J connectivity index is 1.41. The van der Waals surface area contributed by atoms with Crippen molar-refractivity contribution in [2.45, 2.75) is 13.3 Å². The normalized spacial score (nSPS) is 10.6. The van der Waals surface area contributed by atoms with Gasteiger partial charge in [-0.15, -0.1) is 0 Å². The van der Waals surface area contributed by atoms with Crippen LogP contribution in [0.2, 0.25) is 5.02 Å². The predicted molar refractivity (Wildman–Crippen MR) is 136 cm³/mol. The first-order valence-electron chi connectivity index (χ1n) is 10.8. The van der Waals surface area contributed by atoms with E-state index in [2.05, 4.69) is 21.2 Å². The summed E-state index contributed by atoms with van der Waals surface area (Å²) in [5.74, 6) is -1.53. The van der Waals surface area contributed by atoms with Gasteiger partial charge in [0.05, 0.1) is 6.21 Å². The standard InChI is InChI=1S/C26H25ClN4O4/c1-18-10-11-21(15-23(18)27)30-24(32)17-35-22-9-5-8-20(14-22)16-29-31-26(34)25(33)28-13-12-19-6-3-2-4-7-19/h2-11,14-16H,12-13,17H2,1H3,(H,28,33)(H,30,32)(H,31,34)/b29-16-. The molecule has 0 aliphatic carbocycles. The molecule has 180 valence electrons. The summed E-state index contributed by atoms with van der Waals surface area (Å²) < 4.78 is 5.52. The zero-order chi connectivity index (χ0) is 25.0. The van der Waals surface area contributed by atoms with Crippen LogP contribution in [0.15, 0.2) is 77.9 Å². The number of amides is 3. The molecule has 0 aromatic heterocycles. The molecule has 0 saturated heterocycles. The summed E-state index contributed by atoms with van der Waals surface area (Å²) in [4.78, 5) is 35.9. The van der Waals surface area contributed by atoms with Gasteiger partial charge in [-0.3, -0.25) is 14.4 Å². The van der Waals surface area contributed by atoms with Gasteiger partial charge in [0.15, 0.2) is 6.61 Å². The van der Waals surface area contributed by atoms with Crippen LogP contribution in [0.1, 0.15) is 16.7 Å². The molecule has 3 rings (SSSR count). The average Bonchev–Trinajstić information content (AvgIpc) is 2.86. The van der Waals surface area contributed by atoms with Gasteiger partial charge in [-0.25, -0.2) is 5.43 Å². The van der Waals surface area contributed by atoms with Crippen molar-refractivity contribution in [3.63, 3.8) is 0 Å². The van der Waals surface area contributed by atoms with Gasteiger partial charge in [-0.2, -0.15) is 5.10 Å². The summed E-state index contributed by atoms with van der Waals surface area (Å²) in [6.45, 7) is 2.01. The lowest BCUT2D eigenvalue weighted by molar-refractivity contribution is -0.139. The second-order valence-electron chi connectivity index (χ2n) is 7.56. The number of hydrazone groups is 1. The number of nitrogens with zero attached hydrogens (tertiary/aromatic N) is 1. The molecule has 0 heterocycles. The van der Waals surface area contributed by atoms with Crippen LogP contribution < -0.4 is 20.8 Å². The van der Waals surface area contributed by atoms with E-state index < -0.39 is 11.8 Å². The first-order valence-corrected chi connectivity index (χ1v) is 11.2. The largest absolute Gasteiger partial charge is 0.484 e. The summed E-state index contributed by atoms with van der Waals surface area (Å²) in [5.41, 5.74) is 5.35. The van der Waals surface area contributed by atoms with E-state index in [1.165, 1.54) is 6.21 Å². The number of hydrogen-bond acceptors (Lipinski definition) is 5. The number of rotatable bonds is 9. The molecule has 0 fully saturated rings. The zero-order valence-electron chi connectivity index (χ0n) is 19.1. The Bertz CT molecular complexity index is 1210. The van der Waals surface area contributed by atoms with Gasteiger partial charge < -0.3 is 15.4 Å². The van der Waals surface area contributed by atoms with E-state index in [0.29, 0.717) is 35.0 Å². The van der Waals surface area contributed by atoms with Crippen molar-refractivity contribution in [2.24, 2.45) is 5.10 Å². The molecule has 0 spiro atoms. The first-order chi connectivity index (χ1) is 16.9. The Hall–Kier alpha value is -4.17. The lowest BCUT2D eigenvalue weighted by atomic mass is 10.1. The van der Waals surface area contributed by atoms with Gasteiger partial charge in [0, 0.05) is 17.3 Å². The Kier molecular flexibility index (Phi) is 9.39. The highest BCUT2D eigenvalue weighted by molar-refractivity contribution is 6.35. The zero-order valence-corrected chi connectivity index (χ0v) is 19.8. The van der Waals surface area contributed by atoms with E-state index in [1.54, 1.807) is 36.4 Å². The molecule has 8 nitrogen and oxygen atoms in total. The van der Waals surface area contributed by atoms with Crippen molar-refractivity contribution >= 4 is 41.2 Å². The molecule has 0 unspecified atom stereocenters. The molecular weight excluding hydrogens is 468 g/mol. The number of ether oxygens (including phenoxy) is 1. The third-order valence-electron chi connectivity index (χ3n) is 4.81. The van der Waals surface area contributed by atoms with E-state index in [0.717, 1.165) is 11.1 Å². The highest BCUT2D eigenvalue weighted by Crippen LogP contribution is 2.20. The van der Waals surface area contributed by atoms with Crippen molar-refractivity contribution in [1.82, 2.24) is 10.7 Å². The predicted octanol–water partition coefficient (Wildman–Crippen LogP) is 3.47. The molecule has 9 heteroatoms. The minimum atomic E-state index is -0.866. The number of anilines is 1. The lowest BCUT2D eigenvalue weighted by Gasteiger charge is -2.09. The van der Waals surface area contributed by atoms with Crippen molar-refractivity contribution < 1.29 is 19.1 Å². The molecule has 0 saturated carbocycles. The van der Waals surface area contributed by atoms with Gasteiger partial charge in [0.2, 0.25) is 0 Å². The number of hydrogen-bond donors (Lipinski definition) is 3. The molecule has 3 aromatic carbocycles. The molecule has 0 atom stereocenters. The Labute approximate surface area is 208 Å². The number of nitrogens with one attached hydrogen (secondary N) is 3. The lowest BCUT2D eigenvalue weighted by Crippen LogP contribution is -2.38. The molecule has 3 N–H and O–H groups in total. The third kappa shape index (κ3) is 8.60. The highest BCUT2D eigenvalue weighted by atomic mass is 35.5. The first kappa shape index (κ1) is 25.5. The van der Waals surface area contributed by atoms with Gasteiger partial charge >= 0.3 is 11.8 Å². The van der Waals surface area contributed by atoms with Gasteiger partial charge in [-0.1, -0.05) is 60.1 Å². The van der Waals surface area contributed by atoms with Crippen LogP contribution in [0.25, 0.3) is 0 Å². The van der Waals surface area contributed by atoms with Crippen LogP contribution in [0.3, 0.4) is 0 Å². The minimum absolute atomic E-state index is 0.202. The minimum Gasteiger partial charge on any atom is -0.484 e. The fourth-order valence-corrected chi connectivity index (χ4v) is 3.14. The molecule has 3 amide bonds. The van der Waals surface area contributed by atoms with E-state index in [-0.39, 0.29) is 12.5 Å². The number of benzene rings is 3. The third-order valence-corrected chi connectivity index (χ3v) is 5.22. The van der Waals surface area contributed by atoms with Crippen LogP contribution in [-0.4, -0.2) is 37.1 Å². The molecule has 0 bridgehead atoms. The summed E-state index contributed by atoms with van der Waals surface area (Å²) in [7, 11) is 0. The monoisotopic (exact) mass is 492 g/mol. The molecule has 3 aromatic rings. The Morgan fingerprint density at radius 2 is 1.77 bits per heavy atom. The molecule has 0 aliphatic rings. The number of halogens is 1. The van der Waals surface area contributed by atoms with Crippen LogP contribution in [0.5, 0.6) is 5.75 Å². The second-order valence-corrected chi connectivity index (χ2v) is 7.97. The van der Waals surface area contributed by atoms with Crippen LogP contribution in [0, 0.1) is 6.92 Å². The van der Waals surface area contributed by atoms with E-state index in [4.69, 9.17) is 16.3 Å². The summed E-state index contributed by atoms with van der Waals surface area (Å²) >= 11 is 6.07. The Morgan fingerprint density at radius 1 is 0.971 bits per heavy atom. The fraction of sp³-hybridized carbons (Fsp3) is 0.154. The van der Waals surface area contributed by atoms with Crippen LogP contribution in [-0.2, 0) is 20.8 Å². The van der Waals surface area contributed by atoms with Crippen molar-refractivity contribution in [2.75, 3.05) is 18.5 Å². The maximum absolute atomic E-state index is 12.1. The average molecular weight is 493 g/mol. The second kappa shape index (κ2) is 12.9. The summed E-state index contributed by atoms with van der Waals surface area (Å²) in [6.07, 6.45) is 1.99. The maximum Gasteiger partial charge on any atom is 0.329 e. The SMILES string of the molecule is Cc1ccc(NC(=O)COc2cccc(/C=N\NC(=O)C(=O)NCCc3ccccc3)c2)cc1Cl.